The van der Waals surface area contributed by atoms with E-state index in [-0.39, 0.29) is 5.70 Å². The second-order valence-electron chi connectivity index (χ2n) is 6.27. The van der Waals surface area contributed by atoms with Crippen LogP contribution in [0.1, 0.15) is 21.7 Å². The van der Waals surface area contributed by atoms with Crippen molar-refractivity contribution in [2.75, 3.05) is 14.2 Å². The third-order valence-corrected chi connectivity index (χ3v) is 4.26. The molecule has 2 N–H and O–H groups in total. The van der Waals surface area contributed by atoms with Gasteiger partial charge >= 0.3 is 0 Å². The van der Waals surface area contributed by atoms with Crippen LogP contribution in [0.4, 0.5) is 0 Å². The molecular weight excluding hydrogens is 384 g/mol. The third-order valence-electron chi connectivity index (χ3n) is 4.26. The Morgan fingerprint density at radius 3 is 2.40 bits per heavy atom. The van der Waals surface area contributed by atoms with Gasteiger partial charge < -0.3 is 24.5 Å². The van der Waals surface area contributed by atoms with Crippen LogP contribution in [0.5, 0.6) is 11.5 Å². The quantitative estimate of drug-likeness (QED) is 0.560. The van der Waals surface area contributed by atoms with Crippen molar-refractivity contribution >= 4 is 17.9 Å². The zero-order valence-corrected chi connectivity index (χ0v) is 16.7. The van der Waals surface area contributed by atoms with E-state index in [1.54, 1.807) is 30.3 Å². The molecule has 0 spiro atoms. The minimum Gasteiger partial charge on any atom is -0.493 e. The van der Waals surface area contributed by atoms with Crippen LogP contribution < -0.4 is 20.1 Å². The number of benzene rings is 2. The van der Waals surface area contributed by atoms with Gasteiger partial charge in [0, 0.05) is 18.2 Å². The molecule has 0 bridgehead atoms. The van der Waals surface area contributed by atoms with Gasteiger partial charge in [-0.3, -0.25) is 9.59 Å². The molecule has 0 saturated carbocycles. The van der Waals surface area contributed by atoms with E-state index in [4.69, 9.17) is 13.9 Å². The van der Waals surface area contributed by atoms with Gasteiger partial charge in [-0.05, 0) is 35.9 Å². The number of ether oxygens (including phenoxy) is 2. The zero-order chi connectivity index (χ0) is 21.3. The molecule has 0 aliphatic heterocycles. The molecule has 3 rings (SSSR count). The molecule has 0 aliphatic rings. The summed E-state index contributed by atoms with van der Waals surface area (Å²) >= 11 is 0. The van der Waals surface area contributed by atoms with Crippen molar-refractivity contribution in [3.05, 3.63) is 89.5 Å². The fraction of sp³-hybridized carbons (Fsp3) is 0.130. The molecule has 0 unspecified atom stereocenters. The molecule has 1 aromatic heterocycles. The number of carbonyl (C=O) groups excluding carboxylic acids is 2. The van der Waals surface area contributed by atoms with Gasteiger partial charge in [-0.2, -0.15) is 0 Å². The number of rotatable bonds is 8. The SMILES string of the molecule is COc1ccc(C(=O)N/C(=C\c2ccco2)C(=O)NCc2ccccc2)cc1OC. The van der Waals surface area contributed by atoms with Crippen molar-refractivity contribution in [2.45, 2.75) is 6.54 Å². The van der Waals surface area contributed by atoms with Crippen molar-refractivity contribution in [3.8, 4) is 11.5 Å². The van der Waals surface area contributed by atoms with Gasteiger partial charge in [-0.15, -0.1) is 0 Å². The minimum absolute atomic E-state index is 0.0562. The predicted molar refractivity (Wildman–Crippen MR) is 112 cm³/mol. The largest absolute Gasteiger partial charge is 0.493 e. The van der Waals surface area contributed by atoms with Crippen molar-refractivity contribution < 1.29 is 23.5 Å². The van der Waals surface area contributed by atoms with E-state index in [1.807, 2.05) is 30.3 Å². The Balaban J connectivity index is 1.79. The van der Waals surface area contributed by atoms with Crippen LogP contribution in [0, 0.1) is 0 Å². The summed E-state index contributed by atoms with van der Waals surface area (Å²) in [6, 6.07) is 17.6. The first-order valence-electron chi connectivity index (χ1n) is 9.21. The Morgan fingerprint density at radius 1 is 0.967 bits per heavy atom. The maximum absolute atomic E-state index is 12.8. The Morgan fingerprint density at radius 2 is 1.73 bits per heavy atom. The first-order valence-corrected chi connectivity index (χ1v) is 9.21. The Bertz CT molecular complexity index is 1030. The van der Waals surface area contributed by atoms with E-state index in [0.717, 1.165) is 5.56 Å². The van der Waals surface area contributed by atoms with Crippen molar-refractivity contribution in [1.29, 1.82) is 0 Å². The normalized spacial score (nSPS) is 10.9. The van der Waals surface area contributed by atoms with Crippen LogP contribution in [0.15, 0.2) is 77.0 Å². The van der Waals surface area contributed by atoms with E-state index in [9.17, 15) is 9.59 Å². The van der Waals surface area contributed by atoms with Crippen molar-refractivity contribution in [2.24, 2.45) is 0 Å². The second kappa shape index (κ2) is 9.97. The van der Waals surface area contributed by atoms with E-state index in [2.05, 4.69) is 10.6 Å². The topological polar surface area (TPSA) is 89.8 Å². The molecule has 1 heterocycles. The third kappa shape index (κ3) is 5.29. The van der Waals surface area contributed by atoms with E-state index in [0.29, 0.717) is 29.4 Å². The molecular formula is C23H22N2O5. The molecule has 154 valence electrons. The van der Waals surface area contributed by atoms with Crippen LogP contribution in [-0.2, 0) is 11.3 Å². The highest BCUT2D eigenvalue weighted by Crippen LogP contribution is 2.27. The summed E-state index contributed by atoms with van der Waals surface area (Å²) in [4.78, 5) is 25.5. The lowest BCUT2D eigenvalue weighted by atomic mass is 10.1. The monoisotopic (exact) mass is 406 g/mol. The fourth-order valence-electron chi connectivity index (χ4n) is 2.72. The molecule has 0 radical (unpaired) electrons. The lowest BCUT2D eigenvalue weighted by Crippen LogP contribution is -2.34. The molecule has 7 heteroatoms. The molecule has 0 saturated heterocycles. The summed E-state index contributed by atoms with van der Waals surface area (Å²) in [5.41, 5.74) is 1.31. The number of amides is 2. The van der Waals surface area contributed by atoms with E-state index < -0.39 is 11.8 Å². The van der Waals surface area contributed by atoms with E-state index >= 15 is 0 Å². The highest BCUT2D eigenvalue weighted by atomic mass is 16.5. The van der Waals surface area contributed by atoms with Gasteiger partial charge in [0.05, 0.1) is 20.5 Å². The summed E-state index contributed by atoms with van der Waals surface area (Å²) in [6.45, 7) is 0.321. The first kappa shape index (κ1) is 20.7. The van der Waals surface area contributed by atoms with Gasteiger partial charge in [0.1, 0.15) is 11.5 Å². The second-order valence-corrected chi connectivity index (χ2v) is 6.27. The summed E-state index contributed by atoms with van der Waals surface area (Å²) in [5, 5.41) is 5.45. The Kier molecular flexibility index (Phi) is 6.89. The molecule has 3 aromatic rings. The van der Waals surface area contributed by atoms with Crippen LogP contribution >= 0.6 is 0 Å². The molecule has 0 fully saturated rings. The summed E-state index contributed by atoms with van der Waals surface area (Å²) in [6.07, 6.45) is 2.96. The smallest absolute Gasteiger partial charge is 0.268 e. The zero-order valence-electron chi connectivity index (χ0n) is 16.7. The number of nitrogens with one attached hydrogen (secondary N) is 2. The standard InChI is InChI=1S/C23H22N2O5/c1-28-20-11-10-17(13-21(20)29-2)22(26)25-19(14-18-9-6-12-30-18)23(27)24-15-16-7-4-3-5-8-16/h3-14H,15H2,1-2H3,(H,24,27)(H,25,26)/b19-14-. The molecule has 30 heavy (non-hydrogen) atoms. The van der Waals surface area contributed by atoms with Crippen molar-refractivity contribution in [1.82, 2.24) is 10.6 Å². The highest BCUT2D eigenvalue weighted by Gasteiger charge is 2.17. The van der Waals surface area contributed by atoms with Gasteiger partial charge in [-0.25, -0.2) is 0 Å². The van der Waals surface area contributed by atoms with Crippen LogP contribution in [0.3, 0.4) is 0 Å². The number of furan rings is 1. The minimum atomic E-state index is -0.469. The van der Waals surface area contributed by atoms with Crippen molar-refractivity contribution in [3.63, 3.8) is 0 Å². The number of hydrogen-bond donors (Lipinski definition) is 2. The number of carbonyl (C=O) groups is 2. The maximum atomic E-state index is 12.8. The van der Waals surface area contributed by atoms with Gasteiger partial charge in [0.15, 0.2) is 11.5 Å². The molecule has 0 aliphatic carbocycles. The number of methoxy groups -OCH3 is 2. The lowest BCUT2D eigenvalue weighted by Gasteiger charge is -2.12. The lowest BCUT2D eigenvalue weighted by molar-refractivity contribution is -0.117. The highest BCUT2D eigenvalue weighted by molar-refractivity contribution is 6.05. The van der Waals surface area contributed by atoms with Gasteiger partial charge in [-0.1, -0.05) is 30.3 Å². The summed E-state index contributed by atoms with van der Waals surface area (Å²) in [7, 11) is 3.00. The molecule has 7 nitrogen and oxygen atoms in total. The van der Waals surface area contributed by atoms with Crippen LogP contribution in [0.25, 0.3) is 6.08 Å². The Hall–Kier alpha value is -4.00. The maximum Gasteiger partial charge on any atom is 0.268 e. The van der Waals surface area contributed by atoms with Crippen LogP contribution in [-0.4, -0.2) is 26.0 Å². The van der Waals surface area contributed by atoms with Gasteiger partial charge in [0.2, 0.25) is 0 Å². The Labute approximate surface area is 174 Å². The number of hydrogen-bond acceptors (Lipinski definition) is 5. The molecule has 2 amide bonds. The first-order chi connectivity index (χ1) is 14.6. The summed E-state index contributed by atoms with van der Waals surface area (Å²) < 4.78 is 15.7. The van der Waals surface area contributed by atoms with E-state index in [1.165, 1.54) is 26.6 Å². The molecule has 0 atom stereocenters. The fourth-order valence-corrected chi connectivity index (χ4v) is 2.72. The average molecular weight is 406 g/mol. The summed E-state index contributed by atoms with van der Waals surface area (Å²) in [5.74, 6) is 0.441. The van der Waals surface area contributed by atoms with Crippen LogP contribution in [0.2, 0.25) is 0 Å². The molecule has 2 aromatic carbocycles. The average Bonchev–Trinajstić information content (AvgIpc) is 3.30. The van der Waals surface area contributed by atoms with Gasteiger partial charge in [0.25, 0.3) is 11.8 Å². The predicted octanol–water partition coefficient (Wildman–Crippen LogP) is 3.38.